The highest BCUT2D eigenvalue weighted by molar-refractivity contribution is 14.1. The van der Waals surface area contributed by atoms with Crippen LogP contribution in [0.3, 0.4) is 0 Å². The maximum atomic E-state index is 13.1. The molecular formula is C37H52I3NO3. The van der Waals surface area contributed by atoms with E-state index in [0.29, 0.717) is 11.0 Å². The second-order valence-electron chi connectivity index (χ2n) is 15.5. The zero-order valence-corrected chi connectivity index (χ0v) is 34.0. The first-order chi connectivity index (χ1) is 20.7. The Morgan fingerprint density at radius 1 is 0.977 bits per heavy atom. The van der Waals surface area contributed by atoms with Gasteiger partial charge in [-0.25, -0.2) is 4.79 Å². The van der Waals surface area contributed by atoms with E-state index in [2.05, 4.69) is 114 Å². The first-order valence-electron chi connectivity index (χ1n) is 17.1. The van der Waals surface area contributed by atoms with E-state index in [-0.39, 0.29) is 23.4 Å². The lowest BCUT2D eigenvalue weighted by molar-refractivity contribution is -0.153. The van der Waals surface area contributed by atoms with Gasteiger partial charge < -0.3 is 10.1 Å². The van der Waals surface area contributed by atoms with Crippen molar-refractivity contribution in [2.24, 2.45) is 46.3 Å². The second-order valence-corrected chi connectivity index (χ2v) is 19.0. The van der Waals surface area contributed by atoms with Crippen LogP contribution in [0.5, 0.6) is 0 Å². The highest BCUT2D eigenvalue weighted by Gasteiger charge is 2.59. The molecule has 4 aliphatic carbocycles. The molecular weight excluding hydrogens is 887 g/mol. The Morgan fingerprint density at radius 3 is 2.45 bits per heavy atom. The number of carbonyl (C=O) groups excluding carboxylic acids is 2. The number of nitrogens with one attached hydrogen (secondary N) is 1. The summed E-state index contributed by atoms with van der Waals surface area (Å²) in [6, 6.07) is 3.23. The standard InChI is InChI=1S/C37H52I3NO3/c1-21(2)8-7-9-22(3)29-12-13-30-27-11-10-24-18-26(14-16-36(24,5)31(27)15-17-37(29,30)6)44-35(43)23(4)41-34(42)28-19-25(38)20-32(39)33(28)40/h10,19-23,26-27,29-31H,7-9,11-18H2,1-6H3,(H,41,42)/t22-,23+,26+,27+,29-,30+,31+,36+,37-/m1/s1. The van der Waals surface area contributed by atoms with Crippen molar-refractivity contribution in [3.05, 3.63) is 40.1 Å². The Bertz CT molecular complexity index is 1280. The van der Waals surface area contributed by atoms with E-state index in [1.807, 2.05) is 12.1 Å². The van der Waals surface area contributed by atoms with Crippen LogP contribution in [0.15, 0.2) is 23.8 Å². The van der Waals surface area contributed by atoms with E-state index in [0.717, 1.165) is 65.5 Å². The molecule has 0 unspecified atom stereocenters. The molecule has 3 fully saturated rings. The molecule has 1 aromatic rings. The van der Waals surface area contributed by atoms with Crippen LogP contribution in [0, 0.1) is 57.0 Å². The number of halogens is 3. The van der Waals surface area contributed by atoms with E-state index in [1.165, 1.54) is 56.9 Å². The van der Waals surface area contributed by atoms with Gasteiger partial charge in [-0.05, 0) is 178 Å². The second kappa shape index (κ2) is 14.3. The predicted octanol–water partition coefficient (Wildman–Crippen LogP) is 10.6. The molecule has 1 aromatic carbocycles. The molecule has 0 spiro atoms. The number of rotatable bonds is 9. The Hall–Kier alpha value is 0.0900. The molecule has 4 aliphatic rings. The summed E-state index contributed by atoms with van der Waals surface area (Å²) in [5.41, 5.74) is 2.87. The fourth-order valence-corrected chi connectivity index (χ4v) is 12.5. The SMILES string of the molecule is CC(C)CCC[C@@H](C)[C@H]1CC[C@H]2[C@@H]3CC=C4C[C@@H](OC(=O)[C@H](C)NC(=O)c5cc(I)cc(I)c5I)CC[C@]4(C)[C@H]3CC[C@]12C. The maximum Gasteiger partial charge on any atom is 0.328 e. The Balaban J connectivity index is 1.19. The number of ether oxygens (including phenoxy) is 1. The molecule has 5 rings (SSSR count). The van der Waals surface area contributed by atoms with Gasteiger partial charge in [-0.2, -0.15) is 0 Å². The minimum atomic E-state index is -0.689. The number of hydrogen-bond acceptors (Lipinski definition) is 3. The van der Waals surface area contributed by atoms with Gasteiger partial charge in [0.05, 0.1) is 5.56 Å². The molecule has 9 atom stereocenters. The summed E-state index contributed by atoms with van der Waals surface area (Å²) < 4.78 is 9.01. The molecule has 3 saturated carbocycles. The molecule has 0 bridgehead atoms. The summed E-state index contributed by atoms with van der Waals surface area (Å²) in [6.07, 6.45) is 16.2. The van der Waals surface area contributed by atoms with Crippen molar-refractivity contribution < 1.29 is 14.3 Å². The van der Waals surface area contributed by atoms with Crippen LogP contribution in [0.1, 0.15) is 123 Å². The van der Waals surface area contributed by atoms with E-state index in [4.69, 9.17) is 4.74 Å². The maximum absolute atomic E-state index is 13.1. The molecule has 0 saturated heterocycles. The number of hydrogen-bond donors (Lipinski definition) is 1. The van der Waals surface area contributed by atoms with Crippen LogP contribution in [0.25, 0.3) is 0 Å². The average molecular weight is 940 g/mol. The summed E-state index contributed by atoms with van der Waals surface area (Å²) >= 11 is 6.67. The molecule has 0 radical (unpaired) electrons. The normalized spacial score (nSPS) is 34.3. The fourth-order valence-electron chi connectivity index (χ4n) is 10.1. The van der Waals surface area contributed by atoms with Crippen molar-refractivity contribution >= 4 is 79.6 Å². The van der Waals surface area contributed by atoms with Crippen LogP contribution in [0.4, 0.5) is 0 Å². The number of benzene rings is 1. The van der Waals surface area contributed by atoms with Crippen molar-refractivity contribution in [3.8, 4) is 0 Å². The molecule has 0 heterocycles. The van der Waals surface area contributed by atoms with E-state index in [1.54, 1.807) is 6.92 Å². The molecule has 0 aromatic heterocycles. The van der Waals surface area contributed by atoms with Crippen LogP contribution in [-0.4, -0.2) is 24.0 Å². The van der Waals surface area contributed by atoms with Gasteiger partial charge in [0.25, 0.3) is 5.91 Å². The van der Waals surface area contributed by atoms with Crippen molar-refractivity contribution in [2.75, 3.05) is 0 Å². The zero-order valence-electron chi connectivity index (χ0n) is 27.5. The topological polar surface area (TPSA) is 55.4 Å². The van der Waals surface area contributed by atoms with E-state index >= 15 is 0 Å². The third-order valence-electron chi connectivity index (χ3n) is 12.5. The summed E-state index contributed by atoms with van der Waals surface area (Å²) in [6.45, 7) is 14.2. The third-order valence-corrected chi connectivity index (χ3v) is 16.1. The number of carbonyl (C=O) groups is 2. The lowest BCUT2D eigenvalue weighted by Gasteiger charge is -2.58. The number of esters is 1. The van der Waals surface area contributed by atoms with Crippen LogP contribution >= 0.6 is 67.8 Å². The first kappa shape index (κ1) is 35.4. The van der Waals surface area contributed by atoms with Gasteiger partial charge in [0.1, 0.15) is 12.1 Å². The van der Waals surface area contributed by atoms with Crippen LogP contribution in [-0.2, 0) is 9.53 Å². The smallest absolute Gasteiger partial charge is 0.328 e. The quantitative estimate of drug-likeness (QED) is 0.116. The minimum Gasteiger partial charge on any atom is -0.461 e. The Labute approximate surface area is 307 Å². The third kappa shape index (κ3) is 7.09. The van der Waals surface area contributed by atoms with Crippen molar-refractivity contribution in [1.29, 1.82) is 0 Å². The fraction of sp³-hybridized carbons (Fsp3) is 0.730. The van der Waals surface area contributed by atoms with Crippen LogP contribution in [0.2, 0.25) is 0 Å². The minimum absolute atomic E-state index is 0.104. The summed E-state index contributed by atoms with van der Waals surface area (Å²) in [5, 5.41) is 2.89. The van der Waals surface area contributed by atoms with Gasteiger partial charge in [0, 0.05) is 17.1 Å². The van der Waals surface area contributed by atoms with Gasteiger partial charge in [0.2, 0.25) is 0 Å². The largest absolute Gasteiger partial charge is 0.461 e. The highest BCUT2D eigenvalue weighted by Crippen LogP contribution is 2.67. The van der Waals surface area contributed by atoms with Gasteiger partial charge >= 0.3 is 5.97 Å². The summed E-state index contributed by atoms with van der Waals surface area (Å²) in [5.74, 6) is 4.39. The Kier molecular flexibility index (Phi) is 11.5. The van der Waals surface area contributed by atoms with Gasteiger partial charge in [-0.15, -0.1) is 0 Å². The zero-order chi connectivity index (χ0) is 32.0. The number of fused-ring (bicyclic) bond motifs is 5. The monoisotopic (exact) mass is 939 g/mol. The van der Waals surface area contributed by atoms with Gasteiger partial charge in [-0.1, -0.05) is 65.5 Å². The molecule has 4 nitrogen and oxygen atoms in total. The summed E-state index contributed by atoms with van der Waals surface area (Å²) in [7, 11) is 0. The lowest BCUT2D eigenvalue weighted by atomic mass is 9.47. The van der Waals surface area contributed by atoms with E-state index < -0.39 is 6.04 Å². The predicted molar refractivity (Wildman–Crippen MR) is 204 cm³/mol. The Morgan fingerprint density at radius 2 is 1.73 bits per heavy atom. The number of allylic oxidation sites excluding steroid dienone is 1. The van der Waals surface area contributed by atoms with Gasteiger partial charge in [0.15, 0.2) is 0 Å². The summed E-state index contributed by atoms with van der Waals surface area (Å²) in [4.78, 5) is 26.2. The number of amides is 1. The molecule has 1 N–H and O–H groups in total. The van der Waals surface area contributed by atoms with E-state index in [9.17, 15) is 9.59 Å². The molecule has 7 heteroatoms. The first-order valence-corrected chi connectivity index (χ1v) is 20.3. The lowest BCUT2D eigenvalue weighted by Crippen LogP contribution is -2.51. The van der Waals surface area contributed by atoms with Crippen molar-refractivity contribution in [2.45, 2.75) is 124 Å². The molecule has 0 aliphatic heterocycles. The van der Waals surface area contributed by atoms with Crippen LogP contribution < -0.4 is 5.32 Å². The van der Waals surface area contributed by atoms with Gasteiger partial charge in [-0.3, -0.25) is 4.79 Å². The molecule has 244 valence electrons. The molecule has 1 amide bonds. The molecule has 44 heavy (non-hydrogen) atoms. The van der Waals surface area contributed by atoms with Crippen molar-refractivity contribution in [3.63, 3.8) is 0 Å². The van der Waals surface area contributed by atoms with Crippen molar-refractivity contribution in [1.82, 2.24) is 5.32 Å². The average Bonchev–Trinajstić information content (AvgIpc) is 3.32. The highest BCUT2D eigenvalue weighted by atomic mass is 127.